The van der Waals surface area contributed by atoms with Crippen molar-refractivity contribution in [3.8, 4) is 11.8 Å². The monoisotopic (exact) mass is 191 g/mol. The molecular weight excluding hydrogens is 182 g/mol. The molecule has 1 rings (SSSR count). The first kappa shape index (κ1) is 9.83. The van der Waals surface area contributed by atoms with Gasteiger partial charge in [-0.25, -0.2) is 0 Å². The molecule has 0 radical (unpaired) electrons. The van der Waals surface area contributed by atoms with Gasteiger partial charge in [0.25, 0.3) is 0 Å². The van der Waals surface area contributed by atoms with Gasteiger partial charge in [-0.3, -0.25) is 4.99 Å². The molecular formula is C11H10ClN. The summed E-state index contributed by atoms with van der Waals surface area (Å²) in [4.78, 5) is 4.11. The molecule has 0 atom stereocenters. The fourth-order valence-corrected chi connectivity index (χ4v) is 1.03. The van der Waals surface area contributed by atoms with Crippen molar-refractivity contribution in [1.29, 1.82) is 0 Å². The fourth-order valence-electron chi connectivity index (χ4n) is 0.848. The molecule has 0 aliphatic heterocycles. The van der Waals surface area contributed by atoms with Crippen molar-refractivity contribution in [1.82, 2.24) is 0 Å². The number of halogens is 1. The maximum atomic E-state index is 5.91. The predicted molar refractivity (Wildman–Crippen MR) is 57.4 cm³/mol. The van der Waals surface area contributed by atoms with Gasteiger partial charge in [0.2, 0.25) is 0 Å². The zero-order chi connectivity index (χ0) is 9.52. The molecule has 0 aromatic heterocycles. The Kier molecular flexibility index (Phi) is 4.08. The second-order valence-corrected chi connectivity index (χ2v) is 2.83. The highest BCUT2D eigenvalue weighted by Crippen LogP contribution is 2.11. The van der Waals surface area contributed by atoms with E-state index < -0.39 is 0 Å². The third kappa shape index (κ3) is 3.31. The maximum Gasteiger partial charge on any atom is 0.0997 e. The minimum absolute atomic E-state index is 0.529. The molecule has 0 unspecified atom stereocenters. The van der Waals surface area contributed by atoms with Crippen molar-refractivity contribution in [2.75, 3.05) is 6.54 Å². The van der Waals surface area contributed by atoms with Crippen LogP contribution in [0.25, 0.3) is 0 Å². The Labute approximate surface area is 83.5 Å². The van der Waals surface area contributed by atoms with E-state index in [4.69, 9.17) is 11.6 Å². The van der Waals surface area contributed by atoms with Gasteiger partial charge in [0.15, 0.2) is 0 Å². The first-order valence-corrected chi connectivity index (χ1v) is 4.36. The molecule has 2 heteroatoms. The van der Waals surface area contributed by atoms with E-state index in [1.165, 1.54) is 0 Å². The Morgan fingerprint density at radius 1 is 1.46 bits per heavy atom. The van der Waals surface area contributed by atoms with E-state index in [1.54, 1.807) is 13.1 Å². The molecule has 0 aliphatic carbocycles. The summed E-state index contributed by atoms with van der Waals surface area (Å²) in [6.07, 6.45) is 1.74. The highest BCUT2D eigenvalue weighted by atomic mass is 35.5. The van der Waals surface area contributed by atoms with E-state index in [-0.39, 0.29) is 0 Å². The summed E-state index contributed by atoms with van der Waals surface area (Å²) in [7, 11) is 0. The molecule has 0 N–H and O–H groups in total. The second-order valence-electron chi connectivity index (χ2n) is 2.42. The predicted octanol–water partition coefficient (Wildman–Crippen LogP) is 2.78. The molecule has 0 saturated heterocycles. The third-order valence-electron chi connectivity index (χ3n) is 1.48. The normalized spacial score (nSPS) is 9.69. The molecule has 0 fully saturated rings. The molecule has 0 amide bonds. The lowest BCUT2D eigenvalue weighted by Crippen LogP contribution is -1.83. The summed E-state index contributed by atoms with van der Waals surface area (Å²) in [5, 5.41) is 0.718. The number of rotatable bonds is 2. The lowest BCUT2D eigenvalue weighted by Gasteiger charge is -1.94. The average Bonchev–Trinajstić information content (AvgIpc) is 2.15. The van der Waals surface area contributed by atoms with Crippen LogP contribution in [0.3, 0.4) is 0 Å². The SMILES string of the molecule is CC#CCN=Cc1ccccc1Cl. The van der Waals surface area contributed by atoms with Crippen LogP contribution in [0.1, 0.15) is 12.5 Å². The van der Waals surface area contributed by atoms with Gasteiger partial charge in [-0.2, -0.15) is 0 Å². The van der Waals surface area contributed by atoms with Crippen molar-refractivity contribution in [2.45, 2.75) is 6.92 Å². The van der Waals surface area contributed by atoms with E-state index in [9.17, 15) is 0 Å². The molecule has 0 aliphatic rings. The molecule has 1 aromatic carbocycles. The minimum Gasteiger partial charge on any atom is -0.280 e. The van der Waals surface area contributed by atoms with Crippen molar-refractivity contribution in [3.63, 3.8) is 0 Å². The molecule has 66 valence electrons. The highest BCUT2D eigenvalue weighted by molar-refractivity contribution is 6.33. The Morgan fingerprint density at radius 2 is 2.23 bits per heavy atom. The van der Waals surface area contributed by atoms with E-state index in [0.29, 0.717) is 6.54 Å². The Morgan fingerprint density at radius 3 is 2.92 bits per heavy atom. The Bertz CT molecular complexity index is 358. The van der Waals surface area contributed by atoms with Crippen LogP contribution in [0.4, 0.5) is 0 Å². The van der Waals surface area contributed by atoms with Gasteiger partial charge in [0, 0.05) is 16.8 Å². The van der Waals surface area contributed by atoms with Gasteiger partial charge in [0.1, 0.15) is 0 Å². The lowest BCUT2D eigenvalue weighted by atomic mass is 10.2. The maximum absolute atomic E-state index is 5.91. The van der Waals surface area contributed by atoms with Gasteiger partial charge in [-0.15, -0.1) is 5.92 Å². The number of nitrogens with zero attached hydrogens (tertiary/aromatic N) is 1. The molecule has 0 saturated carbocycles. The van der Waals surface area contributed by atoms with Crippen LogP contribution in [0.5, 0.6) is 0 Å². The quantitative estimate of drug-likeness (QED) is 0.504. The summed E-state index contributed by atoms with van der Waals surface area (Å²) >= 11 is 5.91. The smallest absolute Gasteiger partial charge is 0.0997 e. The topological polar surface area (TPSA) is 12.4 Å². The largest absolute Gasteiger partial charge is 0.280 e. The summed E-state index contributed by atoms with van der Waals surface area (Å²) in [6.45, 7) is 2.33. The van der Waals surface area contributed by atoms with Gasteiger partial charge >= 0.3 is 0 Å². The van der Waals surface area contributed by atoms with Crippen molar-refractivity contribution < 1.29 is 0 Å². The minimum atomic E-state index is 0.529. The highest BCUT2D eigenvalue weighted by Gasteiger charge is 1.92. The summed E-state index contributed by atoms with van der Waals surface area (Å²) in [5.74, 6) is 5.62. The van der Waals surface area contributed by atoms with E-state index >= 15 is 0 Å². The number of benzene rings is 1. The van der Waals surface area contributed by atoms with Crippen LogP contribution in [0, 0.1) is 11.8 Å². The third-order valence-corrected chi connectivity index (χ3v) is 1.83. The van der Waals surface area contributed by atoms with Crippen molar-refractivity contribution >= 4 is 17.8 Å². The average molecular weight is 192 g/mol. The number of aliphatic imine (C=N–C) groups is 1. The zero-order valence-corrected chi connectivity index (χ0v) is 8.17. The molecule has 1 nitrogen and oxygen atoms in total. The van der Waals surface area contributed by atoms with Crippen LogP contribution in [0.2, 0.25) is 5.02 Å². The van der Waals surface area contributed by atoms with Crippen molar-refractivity contribution in [2.24, 2.45) is 4.99 Å². The number of hydrogen-bond acceptors (Lipinski definition) is 1. The van der Waals surface area contributed by atoms with E-state index in [2.05, 4.69) is 16.8 Å². The van der Waals surface area contributed by atoms with Crippen LogP contribution in [-0.4, -0.2) is 12.8 Å². The first-order chi connectivity index (χ1) is 6.34. The van der Waals surface area contributed by atoms with Crippen LogP contribution in [0.15, 0.2) is 29.3 Å². The van der Waals surface area contributed by atoms with Gasteiger partial charge in [0.05, 0.1) is 6.54 Å². The van der Waals surface area contributed by atoms with Crippen LogP contribution >= 0.6 is 11.6 Å². The number of hydrogen-bond donors (Lipinski definition) is 0. The van der Waals surface area contributed by atoms with E-state index in [1.807, 2.05) is 24.3 Å². The summed E-state index contributed by atoms with van der Waals surface area (Å²) in [5.41, 5.74) is 0.932. The summed E-state index contributed by atoms with van der Waals surface area (Å²) < 4.78 is 0. The zero-order valence-electron chi connectivity index (χ0n) is 7.42. The summed E-state index contributed by atoms with van der Waals surface area (Å²) in [6, 6.07) is 7.59. The molecule has 0 heterocycles. The molecule has 0 spiro atoms. The first-order valence-electron chi connectivity index (χ1n) is 3.98. The molecule has 13 heavy (non-hydrogen) atoms. The van der Waals surface area contributed by atoms with Gasteiger partial charge < -0.3 is 0 Å². The lowest BCUT2D eigenvalue weighted by molar-refractivity contribution is 1.30. The van der Waals surface area contributed by atoms with Gasteiger partial charge in [-0.05, 0) is 13.0 Å². The van der Waals surface area contributed by atoms with Crippen LogP contribution in [-0.2, 0) is 0 Å². The Hall–Kier alpha value is -1.26. The second kappa shape index (κ2) is 5.40. The van der Waals surface area contributed by atoms with E-state index in [0.717, 1.165) is 10.6 Å². The molecule has 1 aromatic rings. The standard InChI is InChI=1S/C11H10ClN/c1-2-3-8-13-9-10-6-4-5-7-11(10)12/h4-7,9H,8H2,1H3. The Balaban J connectivity index is 2.67. The molecule has 0 bridgehead atoms. The van der Waals surface area contributed by atoms with Crippen LogP contribution < -0.4 is 0 Å². The fraction of sp³-hybridized carbons (Fsp3) is 0.182. The van der Waals surface area contributed by atoms with Gasteiger partial charge in [-0.1, -0.05) is 35.7 Å². The van der Waals surface area contributed by atoms with Crippen molar-refractivity contribution in [3.05, 3.63) is 34.9 Å².